The summed E-state index contributed by atoms with van der Waals surface area (Å²) in [6.45, 7) is 2.79. The molecule has 2 saturated carbocycles. The van der Waals surface area contributed by atoms with Gasteiger partial charge >= 0.3 is 0 Å². The van der Waals surface area contributed by atoms with Crippen molar-refractivity contribution in [3.8, 4) is 10.6 Å². The van der Waals surface area contributed by atoms with E-state index in [1.165, 1.54) is 17.8 Å². The van der Waals surface area contributed by atoms with Gasteiger partial charge in [-0.2, -0.15) is 0 Å². The number of amides is 1. The maximum atomic E-state index is 12.6. The second-order valence-corrected chi connectivity index (χ2v) is 7.55. The molecular formula is C19H22N2O2S. The van der Waals surface area contributed by atoms with Crippen molar-refractivity contribution in [1.29, 1.82) is 0 Å². The number of ether oxygens (including phenoxy) is 1. The minimum atomic E-state index is -0.0559. The van der Waals surface area contributed by atoms with Gasteiger partial charge in [-0.3, -0.25) is 4.79 Å². The summed E-state index contributed by atoms with van der Waals surface area (Å²) in [7, 11) is 0. The van der Waals surface area contributed by atoms with Crippen LogP contribution >= 0.6 is 11.3 Å². The van der Waals surface area contributed by atoms with Crippen molar-refractivity contribution < 1.29 is 9.53 Å². The molecule has 0 aliphatic heterocycles. The lowest BCUT2D eigenvalue weighted by atomic mass is 9.51. The molecule has 1 aromatic carbocycles. The Hall–Kier alpha value is -1.72. The van der Waals surface area contributed by atoms with Crippen LogP contribution in [0.3, 0.4) is 0 Å². The molecule has 1 aromatic heterocycles. The Bertz CT molecular complexity index is 724. The molecule has 2 fully saturated rings. The summed E-state index contributed by atoms with van der Waals surface area (Å²) in [5.74, 6) is -0.0559. The van der Waals surface area contributed by atoms with Gasteiger partial charge in [-0.25, -0.2) is 4.98 Å². The van der Waals surface area contributed by atoms with Crippen LogP contribution in [0.2, 0.25) is 0 Å². The lowest BCUT2D eigenvalue weighted by Crippen LogP contribution is -2.67. The molecule has 0 unspecified atom stereocenters. The molecule has 1 spiro atoms. The predicted molar refractivity (Wildman–Crippen MR) is 95.1 cm³/mol. The second-order valence-electron chi connectivity index (χ2n) is 6.70. The zero-order valence-corrected chi connectivity index (χ0v) is 14.6. The Labute approximate surface area is 146 Å². The van der Waals surface area contributed by atoms with E-state index in [4.69, 9.17) is 4.74 Å². The molecule has 126 valence electrons. The van der Waals surface area contributed by atoms with E-state index in [1.807, 2.05) is 42.6 Å². The maximum Gasteiger partial charge on any atom is 0.271 e. The van der Waals surface area contributed by atoms with Crippen LogP contribution in [0, 0.1) is 5.41 Å². The van der Waals surface area contributed by atoms with Gasteiger partial charge in [-0.1, -0.05) is 36.8 Å². The molecule has 0 saturated heterocycles. The predicted octanol–water partition coefficient (Wildman–Crippen LogP) is 3.89. The standard InChI is InChI=1S/C19H22N2O2S/c1-2-23-16-11-15(19(16)9-6-10-19)21-17(22)14-12-24-18(20-14)13-7-4-3-5-8-13/h3-5,7-8,12,15-16H,2,6,9-11H2,1H3,(H,21,22)/t15-,16+/m1/s1. The van der Waals surface area contributed by atoms with Crippen molar-refractivity contribution in [2.75, 3.05) is 6.61 Å². The summed E-state index contributed by atoms with van der Waals surface area (Å²) in [5, 5.41) is 5.94. The molecule has 2 aromatic rings. The first-order chi connectivity index (χ1) is 11.7. The number of hydrogen-bond acceptors (Lipinski definition) is 4. The van der Waals surface area contributed by atoms with Gasteiger partial charge in [-0.05, 0) is 26.2 Å². The van der Waals surface area contributed by atoms with E-state index >= 15 is 0 Å². The van der Waals surface area contributed by atoms with E-state index in [0.717, 1.165) is 36.4 Å². The number of carbonyl (C=O) groups excluding carboxylic acids is 1. The molecule has 1 N–H and O–H groups in total. The van der Waals surface area contributed by atoms with Gasteiger partial charge < -0.3 is 10.1 Å². The minimum Gasteiger partial charge on any atom is -0.378 e. The maximum absolute atomic E-state index is 12.6. The second kappa shape index (κ2) is 6.30. The number of thiazole rings is 1. The summed E-state index contributed by atoms with van der Waals surface area (Å²) in [4.78, 5) is 17.1. The van der Waals surface area contributed by atoms with Crippen molar-refractivity contribution in [1.82, 2.24) is 10.3 Å². The summed E-state index contributed by atoms with van der Waals surface area (Å²) < 4.78 is 5.85. The van der Waals surface area contributed by atoms with E-state index in [2.05, 4.69) is 10.3 Å². The van der Waals surface area contributed by atoms with Crippen LogP contribution in [0.15, 0.2) is 35.7 Å². The number of hydrogen-bond donors (Lipinski definition) is 1. The molecule has 2 aliphatic rings. The van der Waals surface area contributed by atoms with Crippen LogP contribution in [0.1, 0.15) is 43.1 Å². The van der Waals surface area contributed by atoms with Crippen LogP contribution in [-0.2, 0) is 4.74 Å². The third-order valence-electron chi connectivity index (χ3n) is 5.50. The Kier molecular flexibility index (Phi) is 4.14. The largest absolute Gasteiger partial charge is 0.378 e. The number of benzene rings is 1. The molecule has 0 bridgehead atoms. The van der Waals surface area contributed by atoms with Gasteiger partial charge in [0.15, 0.2) is 0 Å². The van der Waals surface area contributed by atoms with Crippen molar-refractivity contribution in [2.24, 2.45) is 5.41 Å². The quantitative estimate of drug-likeness (QED) is 0.897. The third kappa shape index (κ3) is 2.56. The third-order valence-corrected chi connectivity index (χ3v) is 6.39. The van der Waals surface area contributed by atoms with E-state index in [0.29, 0.717) is 11.8 Å². The topological polar surface area (TPSA) is 51.2 Å². The van der Waals surface area contributed by atoms with E-state index < -0.39 is 0 Å². The Morgan fingerprint density at radius 2 is 2.17 bits per heavy atom. The van der Waals surface area contributed by atoms with Crippen LogP contribution < -0.4 is 5.32 Å². The number of carbonyl (C=O) groups is 1. The summed E-state index contributed by atoms with van der Waals surface area (Å²) in [5.41, 5.74) is 1.76. The van der Waals surface area contributed by atoms with Crippen LogP contribution in [-0.4, -0.2) is 29.6 Å². The van der Waals surface area contributed by atoms with Crippen LogP contribution in [0.4, 0.5) is 0 Å². The fourth-order valence-electron chi connectivity index (χ4n) is 3.96. The average molecular weight is 342 g/mol. The monoisotopic (exact) mass is 342 g/mol. The van der Waals surface area contributed by atoms with Crippen molar-refractivity contribution in [2.45, 2.75) is 44.8 Å². The average Bonchev–Trinajstić information content (AvgIpc) is 3.03. The van der Waals surface area contributed by atoms with Crippen molar-refractivity contribution >= 4 is 17.2 Å². The number of aromatic nitrogens is 1. The smallest absolute Gasteiger partial charge is 0.271 e. The summed E-state index contributed by atoms with van der Waals surface area (Å²) >= 11 is 1.52. The Balaban J connectivity index is 1.43. The summed E-state index contributed by atoms with van der Waals surface area (Å²) in [6.07, 6.45) is 4.81. The first kappa shape index (κ1) is 15.8. The molecule has 2 atom stereocenters. The highest BCUT2D eigenvalue weighted by molar-refractivity contribution is 7.13. The normalized spacial score (nSPS) is 24.2. The minimum absolute atomic E-state index is 0.0559. The number of nitrogens with zero attached hydrogens (tertiary/aromatic N) is 1. The van der Waals surface area contributed by atoms with Gasteiger partial charge in [-0.15, -0.1) is 11.3 Å². The van der Waals surface area contributed by atoms with Gasteiger partial charge in [0.05, 0.1) is 6.10 Å². The molecule has 1 heterocycles. The number of nitrogens with one attached hydrogen (secondary N) is 1. The molecule has 1 amide bonds. The fraction of sp³-hybridized carbons (Fsp3) is 0.474. The molecule has 5 heteroatoms. The van der Waals surface area contributed by atoms with Gasteiger partial charge in [0.25, 0.3) is 5.91 Å². The summed E-state index contributed by atoms with van der Waals surface area (Å²) in [6, 6.07) is 10.2. The van der Waals surface area contributed by atoms with Crippen LogP contribution in [0.5, 0.6) is 0 Å². The lowest BCUT2D eigenvalue weighted by Gasteiger charge is -2.60. The first-order valence-electron chi connectivity index (χ1n) is 8.66. The number of rotatable bonds is 5. The first-order valence-corrected chi connectivity index (χ1v) is 9.54. The van der Waals surface area contributed by atoms with Crippen molar-refractivity contribution in [3.63, 3.8) is 0 Å². The zero-order chi connectivity index (χ0) is 16.6. The molecule has 4 nitrogen and oxygen atoms in total. The van der Waals surface area contributed by atoms with Crippen molar-refractivity contribution in [3.05, 3.63) is 41.4 Å². The van der Waals surface area contributed by atoms with E-state index in [1.54, 1.807) is 0 Å². The molecule has 24 heavy (non-hydrogen) atoms. The van der Waals surface area contributed by atoms with Gasteiger partial charge in [0, 0.05) is 29.0 Å². The Morgan fingerprint density at radius 3 is 2.83 bits per heavy atom. The van der Waals surface area contributed by atoms with E-state index in [9.17, 15) is 4.79 Å². The van der Waals surface area contributed by atoms with E-state index in [-0.39, 0.29) is 17.4 Å². The molecule has 0 radical (unpaired) electrons. The molecule has 2 aliphatic carbocycles. The Morgan fingerprint density at radius 1 is 1.38 bits per heavy atom. The van der Waals surface area contributed by atoms with Gasteiger partial charge in [0.1, 0.15) is 10.7 Å². The SMILES string of the molecule is CCO[C@H]1C[C@@H](NC(=O)c2csc(-c3ccccc3)n2)C12CCC2. The highest BCUT2D eigenvalue weighted by Crippen LogP contribution is 2.57. The van der Waals surface area contributed by atoms with Gasteiger partial charge in [0.2, 0.25) is 0 Å². The highest BCUT2D eigenvalue weighted by atomic mass is 32.1. The van der Waals surface area contributed by atoms with Crippen LogP contribution in [0.25, 0.3) is 10.6 Å². The lowest BCUT2D eigenvalue weighted by molar-refractivity contribution is -0.169. The molecular weight excluding hydrogens is 320 g/mol. The zero-order valence-electron chi connectivity index (χ0n) is 13.8. The highest BCUT2D eigenvalue weighted by Gasteiger charge is 2.59. The molecule has 4 rings (SSSR count). The fourth-order valence-corrected chi connectivity index (χ4v) is 4.77.